The van der Waals surface area contributed by atoms with E-state index in [9.17, 15) is 19.5 Å². The molecule has 5 N–H and O–H groups in total. The average molecular weight is 471 g/mol. The monoisotopic (exact) mass is 470 g/mol. The van der Waals surface area contributed by atoms with Crippen LogP contribution < -0.4 is 21.1 Å². The fourth-order valence-corrected chi connectivity index (χ4v) is 3.61. The number of hydrogen-bond acceptors (Lipinski definition) is 9. The third-order valence-electron chi connectivity index (χ3n) is 4.40. The fourth-order valence-electron chi connectivity index (χ4n) is 2.79. The summed E-state index contributed by atoms with van der Waals surface area (Å²) in [6.07, 6.45) is 0.0364. The second kappa shape index (κ2) is 11.5. The molecule has 1 aromatic carbocycles. The van der Waals surface area contributed by atoms with Crippen LogP contribution in [0.15, 0.2) is 54.6 Å². The number of aliphatic carboxylic acids is 1. The van der Waals surface area contributed by atoms with E-state index in [2.05, 4.69) is 20.4 Å². The summed E-state index contributed by atoms with van der Waals surface area (Å²) < 4.78 is 10.3. The number of pyridine rings is 1. The van der Waals surface area contributed by atoms with Gasteiger partial charge in [-0.2, -0.15) is 0 Å². The van der Waals surface area contributed by atoms with Gasteiger partial charge in [-0.1, -0.05) is 18.2 Å². The summed E-state index contributed by atoms with van der Waals surface area (Å²) in [5.41, 5.74) is 6.07. The zero-order chi connectivity index (χ0) is 23.6. The van der Waals surface area contributed by atoms with E-state index in [-0.39, 0.29) is 43.2 Å². The van der Waals surface area contributed by atoms with E-state index in [0.29, 0.717) is 5.06 Å². The number of nitrogens with one attached hydrogen (secondary N) is 2. The molecule has 0 spiro atoms. The second-order valence-electron chi connectivity index (χ2n) is 6.74. The van der Waals surface area contributed by atoms with E-state index in [0.717, 1.165) is 10.6 Å². The predicted molar refractivity (Wildman–Crippen MR) is 122 cm³/mol. The lowest BCUT2D eigenvalue weighted by Crippen LogP contribution is -2.31. The maximum Gasteiger partial charge on any atom is 0.326 e. The summed E-state index contributed by atoms with van der Waals surface area (Å²) >= 11 is 1.41. The summed E-state index contributed by atoms with van der Waals surface area (Å²) in [6.45, 7) is 0.457. The number of ether oxygens (including phenoxy) is 2. The van der Waals surface area contributed by atoms with Crippen LogP contribution in [0.1, 0.15) is 21.7 Å². The van der Waals surface area contributed by atoms with Crippen LogP contribution in [-0.4, -0.2) is 41.1 Å². The minimum Gasteiger partial charge on any atom is -0.480 e. The summed E-state index contributed by atoms with van der Waals surface area (Å²) in [5, 5.41) is 15.4. The van der Waals surface area contributed by atoms with Gasteiger partial charge in [-0.3, -0.25) is 9.59 Å². The molecule has 11 heteroatoms. The van der Waals surface area contributed by atoms with Crippen LogP contribution >= 0.6 is 11.3 Å². The first-order valence-corrected chi connectivity index (χ1v) is 10.7. The van der Waals surface area contributed by atoms with Crippen molar-refractivity contribution in [2.45, 2.75) is 19.0 Å². The molecule has 1 amide bonds. The van der Waals surface area contributed by atoms with Crippen LogP contribution in [0.3, 0.4) is 0 Å². The van der Waals surface area contributed by atoms with Crippen molar-refractivity contribution in [1.82, 2.24) is 10.3 Å². The van der Waals surface area contributed by atoms with Crippen molar-refractivity contribution in [3.63, 3.8) is 0 Å². The number of anilines is 2. The van der Waals surface area contributed by atoms with Crippen molar-refractivity contribution < 1.29 is 29.0 Å². The predicted octanol–water partition coefficient (Wildman–Crippen LogP) is 2.88. The highest BCUT2D eigenvalue weighted by atomic mass is 32.1. The Morgan fingerprint density at radius 2 is 1.94 bits per heavy atom. The molecule has 0 saturated heterocycles. The summed E-state index contributed by atoms with van der Waals surface area (Å²) in [4.78, 5) is 39.0. The van der Waals surface area contributed by atoms with Crippen LogP contribution in [0.4, 0.5) is 11.6 Å². The molecule has 2 aromatic heterocycles. The van der Waals surface area contributed by atoms with E-state index >= 15 is 0 Å². The van der Waals surface area contributed by atoms with Gasteiger partial charge in [-0.25, -0.2) is 9.78 Å². The maximum absolute atomic E-state index is 12.5. The highest BCUT2D eigenvalue weighted by molar-refractivity contribution is 7.13. The molecular weight excluding hydrogens is 448 g/mol. The smallest absolute Gasteiger partial charge is 0.326 e. The van der Waals surface area contributed by atoms with Crippen LogP contribution in [0, 0.1) is 0 Å². The molecule has 1 atom stereocenters. The standard InChI is InChI=1S/C22H22N4O6S/c23-20-16(7-8-18(26-20)25-17(22(29)30)10-11-31-13-27)21(28)24-12-15-6-9-19(33-15)32-14-4-2-1-3-5-14/h1-9,13,17H,10-12H2,(H,24,28)(H,29,30)(H3,23,25,26). The molecule has 3 aromatic rings. The van der Waals surface area contributed by atoms with Gasteiger partial charge in [0.1, 0.15) is 23.4 Å². The molecule has 0 aliphatic carbocycles. The van der Waals surface area contributed by atoms with Crippen LogP contribution in [0.5, 0.6) is 10.8 Å². The van der Waals surface area contributed by atoms with E-state index in [4.69, 9.17) is 10.5 Å². The molecule has 0 fully saturated rings. The molecule has 2 heterocycles. The fraction of sp³-hybridized carbons (Fsp3) is 0.182. The Labute approximate surface area is 193 Å². The average Bonchev–Trinajstić information content (AvgIpc) is 3.25. The van der Waals surface area contributed by atoms with Gasteiger partial charge in [-0.05, 0) is 36.4 Å². The molecule has 3 rings (SSSR count). The summed E-state index contributed by atoms with van der Waals surface area (Å²) in [7, 11) is 0. The number of hydrogen-bond donors (Lipinski definition) is 4. The van der Waals surface area contributed by atoms with Gasteiger partial charge in [0.25, 0.3) is 12.4 Å². The summed E-state index contributed by atoms with van der Waals surface area (Å²) in [5.74, 6) is -0.699. The molecule has 0 bridgehead atoms. The molecule has 172 valence electrons. The number of carboxylic acid groups (broad SMARTS) is 1. The van der Waals surface area contributed by atoms with E-state index < -0.39 is 17.9 Å². The number of nitrogen functional groups attached to an aromatic ring is 1. The van der Waals surface area contributed by atoms with Gasteiger partial charge < -0.3 is 30.9 Å². The molecule has 0 radical (unpaired) electrons. The van der Waals surface area contributed by atoms with Gasteiger partial charge in [0.05, 0.1) is 18.7 Å². The molecular formula is C22H22N4O6S. The highest BCUT2D eigenvalue weighted by Crippen LogP contribution is 2.29. The highest BCUT2D eigenvalue weighted by Gasteiger charge is 2.19. The van der Waals surface area contributed by atoms with E-state index in [1.165, 1.54) is 23.5 Å². The van der Waals surface area contributed by atoms with Crippen molar-refractivity contribution >= 4 is 41.3 Å². The molecule has 1 unspecified atom stereocenters. The lowest BCUT2D eigenvalue weighted by atomic mass is 10.2. The van der Waals surface area contributed by atoms with Crippen molar-refractivity contribution in [3.8, 4) is 10.8 Å². The largest absolute Gasteiger partial charge is 0.480 e. The number of benzene rings is 1. The molecule has 0 aliphatic heterocycles. The van der Waals surface area contributed by atoms with Crippen molar-refractivity contribution in [2.24, 2.45) is 0 Å². The normalized spacial score (nSPS) is 11.3. The first kappa shape index (κ1) is 23.5. The van der Waals surface area contributed by atoms with Gasteiger partial charge in [0.2, 0.25) is 0 Å². The second-order valence-corrected chi connectivity index (χ2v) is 7.87. The van der Waals surface area contributed by atoms with Crippen molar-refractivity contribution in [3.05, 3.63) is 65.0 Å². The maximum atomic E-state index is 12.5. The SMILES string of the molecule is Nc1nc(NC(CCOC=O)C(=O)O)ccc1C(=O)NCc1ccc(Oc2ccccc2)s1. The van der Waals surface area contributed by atoms with E-state index in [1.54, 1.807) is 0 Å². The van der Waals surface area contributed by atoms with Gasteiger partial charge in [-0.15, -0.1) is 11.3 Å². The third-order valence-corrected chi connectivity index (χ3v) is 5.37. The lowest BCUT2D eigenvalue weighted by molar-refractivity contribution is -0.139. The zero-order valence-electron chi connectivity index (χ0n) is 17.4. The first-order chi connectivity index (χ1) is 16.0. The van der Waals surface area contributed by atoms with Crippen molar-refractivity contribution in [2.75, 3.05) is 17.7 Å². The zero-order valence-corrected chi connectivity index (χ0v) is 18.2. The van der Waals surface area contributed by atoms with Crippen molar-refractivity contribution in [1.29, 1.82) is 0 Å². The first-order valence-electron chi connectivity index (χ1n) is 9.87. The number of carbonyl (C=O) groups is 3. The lowest BCUT2D eigenvalue weighted by Gasteiger charge is -2.15. The van der Waals surface area contributed by atoms with Gasteiger partial charge in [0, 0.05) is 11.3 Å². The number of amides is 1. The molecule has 10 nitrogen and oxygen atoms in total. The Hall–Kier alpha value is -4.12. The Morgan fingerprint density at radius 1 is 1.15 bits per heavy atom. The Kier molecular flexibility index (Phi) is 8.19. The number of nitrogens with zero attached hydrogens (tertiary/aromatic N) is 1. The minimum atomic E-state index is -1.14. The number of aromatic nitrogens is 1. The number of thiophene rings is 1. The summed E-state index contributed by atoms with van der Waals surface area (Å²) in [6, 6.07) is 14.9. The van der Waals surface area contributed by atoms with Crippen LogP contribution in [0.2, 0.25) is 0 Å². The van der Waals surface area contributed by atoms with Crippen LogP contribution in [-0.2, 0) is 20.9 Å². The molecule has 0 saturated carbocycles. The Balaban J connectivity index is 1.56. The Morgan fingerprint density at radius 3 is 2.64 bits per heavy atom. The number of carboxylic acids is 1. The minimum absolute atomic E-state index is 0.0364. The van der Waals surface area contributed by atoms with Crippen LogP contribution in [0.25, 0.3) is 0 Å². The van der Waals surface area contributed by atoms with Gasteiger partial charge in [0.15, 0.2) is 5.06 Å². The Bertz CT molecular complexity index is 1110. The topological polar surface area (TPSA) is 153 Å². The molecule has 0 aliphatic rings. The van der Waals surface area contributed by atoms with E-state index in [1.807, 2.05) is 42.5 Å². The number of nitrogens with two attached hydrogens (primary N) is 1. The third kappa shape index (κ3) is 6.94. The van der Waals surface area contributed by atoms with Gasteiger partial charge >= 0.3 is 5.97 Å². The molecule has 33 heavy (non-hydrogen) atoms. The quantitative estimate of drug-likeness (QED) is 0.231. The number of para-hydroxylation sites is 1. The number of carbonyl (C=O) groups excluding carboxylic acids is 2. The number of rotatable bonds is 12.